The van der Waals surface area contributed by atoms with Gasteiger partial charge < -0.3 is 15.4 Å². The Morgan fingerprint density at radius 1 is 1.17 bits per heavy atom. The maximum Gasteiger partial charge on any atom is 0.243 e. The molecule has 5 heteroatoms. The third-order valence-electron chi connectivity index (χ3n) is 3.01. The minimum atomic E-state index is -0.109. The third kappa shape index (κ3) is 5.94. The predicted octanol–water partition coefficient (Wildman–Crippen LogP) is 4.53. The van der Waals surface area contributed by atoms with E-state index in [0.717, 1.165) is 21.6 Å². The molecule has 0 saturated carbocycles. The Kier molecular flexibility index (Phi) is 6.47. The van der Waals surface area contributed by atoms with Gasteiger partial charge in [-0.25, -0.2) is 0 Å². The van der Waals surface area contributed by atoms with Crippen LogP contribution in [-0.2, 0) is 4.79 Å². The number of carbonyl (C=O) groups is 1. The van der Waals surface area contributed by atoms with Gasteiger partial charge in [-0.15, -0.1) is 0 Å². The van der Waals surface area contributed by atoms with Crippen LogP contribution < -0.4 is 15.4 Å². The molecule has 0 fully saturated rings. The molecule has 1 amide bonds. The molecule has 4 nitrogen and oxygen atoms in total. The summed E-state index contributed by atoms with van der Waals surface area (Å²) in [6, 6.07) is 15.1. The fourth-order valence-corrected chi connectivity index (χ4v) is 2.34. The van der Waals surface area contributed by atoms with E-state index in [9.17, 15) is 4.79 Å². The molecule has 0 aliphatic carbocycles. The van der Waals surface area contributed by atoms with Crippen molar-refractivity contribution in [3.05, 3.63) is 53.0 Å². The first kappa shape index (κ1) is 17.3. The molecule has 0 aliphatic heterocycles. The van der Waals surface area contributed by atoms with Crippen molar-refractivity contribution < 1.29 is 9.53 Å². The molecule has 0 spiro atoms. The Bertz CT molecular complexity index is 659. The lowest BCUT2D eigenvalue weighted by Crippen LogP contribution is -2.22. The normalized spacial score (nSPS) is 10.4. The molecule has 0 aromatic heterocycles. The summed E-state index contributed by atoms with van der Waals surface area (Å²) in [5.41, 5.74) is 1.58. The summed E-state index contributed by atoms with van der Waals surface area (Å²) in [6.07, 6.45) is 0. The van der Waals surface area contributed by atoms with E-state index in [-0.39, 0.29) is 12.5 Å². The van der Waals surface area contributed by atoms with Gasteiger partial charge in [0.2, 0.25) is 5.91 Å². The van der Waals surface area contributed by atoms with Crippen molar-refractivity contribution in [3.8, 4) is 5.75 Å². The van der Waals surface area contributed by atoms with Crippen molar-refractivity contribution in [1.29, 1.82) is 0 Å². The fourth-order valence-electron chi connectivity index (χ4n) is 1.94. The molecule has 2 rings (SSSR count). The number of halogens is 1. The minimum absolute atomic E-state index is 0.109. The van der Waals surface area contributed by atoms with Crippen LogP contribution in [-0.4, -0.2) is 19.1 Å². The van der Waals surface area contributed by atoms with Gasteiger partial charge in [-0.2, -0.15) is 0 Å². The van der Waals surface area contributed by atoms with Gasteiger partial charge in [0.05, 0.1) is 18.8 Å². The Morgan fingerprint density at radius 2 is 1.96 bits per heavy atom. The van der Waals surface area contributed by atoms with E-state index in [0.29, 0.717) is 12.5 Å². The summed E-state index contributed by atoms with van der Waals surface area (Å²) >= 11 is 3.38. The molecular formula is C18H21BrN2O2. The molecule has 23 heavy (non-hydrogen) atoms. The standard InChI is InChI=1S/C18H21BrN2O2/c1-13(2)12-23-17-9-4-3-8-16(17)20-11-18(22)21-15-7-5-6-14(19)10-15/h3-10,13,20H,11-12H2,1-2H3,(H,21,22). The average molecular weight is 377 g/mol. The van der Waals surface area contributed by atoms with Crippen LogP contribution in [0.4, 0.5) is 11.4 Å². The summed E-state index contributed by atoms with van der Waals surface area (Å²) in [5, 5.41) is 5.97. The van der Waals surface area contributed by atoms with E-state index in [1.165, 1.54) is 0 Å². The summed E-state index contributed by atoms with van der Waals surface area (Å²) in [7, 11) is 0. The fraction of sp³-hybridized carbons (Fsp3) is 0.278. The Labute approximate surface area is 145 Å². The highest BCUT2D eigenvalue weighted by Gasteiger charge is 2.07. The van der Waals surface area contributed by atoms with E-state index >= 15 is 0 Å². The quantitative estimate of drug-likeness (QED) is 0.745. The van der Waals surface area contributed by atoms with Crippen molar-refractivity contribution in [3.63, 3.8) is 0 Å². The number of hydrogen-bond donors (Lipinski definition) is 2. The zero-order valence-corrected chi connectivity index (χ0v) is 14.9. The van der Waals surface area contributed by atoms with Crippen LogP contribution in [0, 0.1) is 5.92 Å². The molecule has 2 N–H and O–H groups in total. The minimum Gasteiger partial charge on any atom is -0.491 e. The maximum absolute atomic E-state index is 12.0. The van der Waals surface area contributed by atoms with Gasteiger partial charge in [-0.05, 0) is 36.2 Å². The van der Waals surface area contributed by atoms with Crippen molar-refractivity contribution in [2.75, 3.05) is 23.8 Å². The number of anilines is 2. The highest BCUT2D eigenvalue weighted by atomic mass is 79.9. The van der Waals surface area contributed by atoms with Crippen molar-refractivity contribution in [2.24, 2.45) is 5.92 Å². The number of nitrogens with one attached hydrogen (secondary N) is 2. The summed E-state index contributed by atoms with van der Waals surface area (Å²) in [4.78, 5) is 12.0. The van der Waals surface area contributed by atoms with Gasteiger partial charge in [0.1, 0.15) is 5.75 Å². The van der Waals surface area contributed by atoms with Crippen molar-refractivity contribution >= 4 is 33.2 Å². The van der Waals surface area contributed by atoms with Crippen LogP contribution in [0.5, 0.6) is 5.75 Å². The highest BCUT2D eigenvalue weighted by molar-refractivity contribution is 9.10. The lowest BCUT2D eigenvalue weighted by atomic mass is 10.2. The number of amides is 1. The number of ether oxygens (including phenoxy) is 1. The maximum atomic E-state index is 12.0. The largest absolute Gasteiger partial charge is 0.491 e. The number of para-hydroxylation sites is 2. The first-order valence-corrected chi connectivity index (χ1v) is 8.35. The molecule has 2 aromatic rings. The van der Waals surface area contributed by atoms with Crippen LogP contribution in [0.3, 0.4) is 0 Å². The molecule has 0 bridgehead atoms. The molecule has 0 aliphatic rings. The molecule has 0 unspecified atom stereocenters. The predicted molar refractivity (Wildman–Crippen MR) is 98.0 cm³/mol. The SMILES string of the molecule is CC(C)COc1ccccc1NCC(=O)Nc1cccc(Br)c1. The van der Waals surface area contributed by atoms with Gasteiger partial charge in [0, 0.05) is 10.2 Å². The molecule has 0 atom stereocenters. The molecule has 2 aromatic carbocycles. The topological polar surface area (TPSA) is 50.4 Å². The van der Waals surface area contributed by atoms with Gasteiger partial charge in [-0.3, -0.25) is 4.79 Å². The van der Waals surface area contributed by atoms with E-state index in [1.807, 2.05) is 48.5 Å². The molecular weight excluding hydrogens is 356 g/mol. The number of carbonyl (C=O) groups excluding carboxylic acids is 1. The molecule has 122 valence electrons. The number of benzene rings is 2. The van der Waals surface area contributed by atoms with Gasteiger partial charge in [-0.1, -0.05) is 48.0 Å². The summed E-state index contributed by atoms with van der Waals surface area (Å²) in [6.45, 7) is 5.01. The average Bonchev–Trinajstić information content (AvgIpc) is 2.51. The second-order valence-electron chi connectivity index (χ2n) is 5.61. The zero-order chi connectivity index (χ0) is 16.7. The zero-order valence-electron chi connectivity index (χ0n) is 13.3. The lowest BCUT2D eigenvalue weighted by molar-refractivity contribution is -0.114. The Hall–Kier alpha value is -2.01. The summed E-state index contributed by atoms with van der Waals surface area (Å²) < 4.78 is 6.69. The first-order valence-electron chi connectivity index (χ1n) is 7.55. The second-order valence-corrected chi connectivity index (χ2v) is 6.53. The molecule has 0 heterocycles. The van der Waals surface area contributed by atoms with Crippen LogP contribution >= 0.6 is 15.9 Å². The Balaban J connectivity index is 1.91. The van der Waals surface area contributed by atoms with Crippen LogP contribution in [0.1, 0.15) is 13.8 Å². The highest BCUT2D eigenvalue weighted by Crippen LogP contribution is 2.24. The second kappa shape index (κ2) is 8.58. The van der Waals surface area contributed by atoms with Crippen LogP contribution in [0.15, 0.2) is 53.0 Å². The Morgan fingerprint density at radius 3 is 2.70 bits per heavy atom. The van der Waals surface area contributed by atoms with E-state index in [1.54, 1.807) is 0 Å². The van der Waals surface area contributed by atoms with Gasteiger partial charge in [0.25, 0.3) is 0 Å². The van der Waals surface area contributed by atoms with Gasteiger partial charge in [0.15, 0.2) is 0 Å². The monoisotopic (exact) mass is 376 g/mol. The van der Waals surface area contributed by atoms with Crippen molar-refractivity contribution in [2.45, 2.75) is 13.8 Å². The first-order chi connectivity index (χ1) is 11.0. The summed E-state index contributed by atoms with van der Waals surface area (Å²) in [5.74, 6) is 1.10. The van der Waals surface area contributed by atoms with E-state index < -0.39 is 0 Å². The number of hydrogen-bond acceptors (Lipinski definition) is 3. The smallest absolute Gasteiger partial charge is 0.243 e. The molecule has 0 radical (unpaired) electrons. The van der Waals surface area contributed by atoms with Crippen molar-refractivity contribution in [1.82, 2.24) is 0 Å². The molecule has 0 saturated heterocycles. The van der Waals surface area contributed by atoms with E-state index in [2.05, 4.69) is 40.4 Å². The van der Waals surface area contributed by atoms with Crippen LogP contribution in [0.25, 0.3) is 0 Å². The number of rotatable bonds is 7. The lowest BCUT2D eigenvalue weighted by Gasteiger charge is -2.14. The van der Waals surface area contributed by atoms with Gasteiger partial charge >= 0.3 is 0 Å². The third-order valence-corrected chi connectivity index (χ3v) is 3.50. The van der Waals surface area contributed by atoms with E-state index in [4.69, 9.17) is 4.74 Å². The van der Waals surface area contributed by atoms with Crippen LogP contribution in [0.2, 0.25) is 0 Å².